The SMILES string of the molecule is C=C1CC=CC(C)(C)[C@@H]1[C@H](O)/C=C(\C)[C@H]1CC[C@@](C)(O)C(Br)C1. The third kappa shape index (κ3) is 4.18. The molecule has 0 aromatic carbocycles. The van der Waals surface area contributed by atoms with E-state index < -0.39 is 11.7 Å². The number of hydrogen-bond acceptors (Lipinski definition) is 2. The minimum absolute atomic E-state index is 0.0638. The normalized spacial score (nSPS) is 39.3. The molecule has 1 unspecified atom stereocenters. The molecule has 0 spiro atoms. The summed E-state index contributed by atoms with van der Waals surface area (Å²) in [5, 5.41) is 21.1. The summed E-state index contributed by atoms with van der Waals surface area (Å²) in [5.41, 5.74) is 1.65. The predicted octanol–water partition coefficient (Wildman–Crippen LogP) is 4.77. The van der Waals surface area contributed by atoms with Gasteiger partial charge in [0.25, 0.3) is 0 Å². The number of aliphatic hydroxyl groups excluding tert-OH is 1. The van der Waals surface area contributed by atoms with Crippen molar-refractivity contribution in [3.05, 3.63) is 36.0 Å². The molecule has 0 aromatic heterocycles. The van der Waals surface area contributed by atoms with Gasteiger partial charge in [-0.2, -0.15) is 0 Å². The summed E-state index contributed by atoms with van der Waals surface area (Å²) in [4.78, 5) is 0.110. The number of allylic oxidation sites excluding steroid dienone is 3. The fourth-order valence-electron chi connectivity index (χ4n) is 4.11. The minimum atomic E-state index is -0.625. The van der Waals surface area contributed by atoms with Gasteiger partial charge in [0.05, 0.1) is 11.7 Å². The van der Waals surface area contributed by atoms with E-state index in [1.54, 1.807) is 0 Å². The molecule has 130 valence electrons. The van der Waals surface area contributed by atoms with Crippen LogP contribution in [0.5, 0.6) is 0 Å². The van der Waals surface area contributed by atoms with Gasteiger partial charge in [-0.05, 0) is 50.9 Å². The van der Waals surface area contributed by atoms with Crippen LogP contribution in [0.25, 0.3) is 0 Å². The second kappa shape index (κ2) is 6.85. The van der Waals surface area contributed by atoms with E-state index in [9.17, 15) is 10.2 Å². The number of rotatable bonds is 3. The molecular formula is C20H31BrO2. The Morgan fingerprint density at radius 1 is 1.43 bits per heavy atom. The first kappa shape index (κ1) is 19.0. The second-order valence-corrected chi connectivity index (χ2v) is 9.37. The maximum absolute atomic E-state index is 10.8. The summed E-state index contributed by atoms with van der Waals surface area (Å²) in [6.07, 6.45) is 9.41. The van der Waals surface area contributed by atoms with Crippen LogP contribution in [0.2, 0.25) is 0 Å². The van der Waals surface area contributed by atoms with E-state index in [4.69, 9.17) is 0 Å². The molecule has 0 amide bonds. The highest BCUT2D eigenvalue weighted by atomic mass is 79.9. The second-order valence-electron chi connectivity index (χ2n) is 8.26. The topological polar surface area (TPSA) is 40.5 Å². The van der Waals surface area contributed by atoms with Gasteiger partial charge in [0.1, 0.15) is 0 Å². The van der Waals surface area contributed by atoms with Crippen molar-refractivity contribution < 1.29 is 10.2 Å². The summed E-state index contributed by atoms with van der Waals surface area (Å²) in [7, 11) is 0. The number of hydrogen-bond donors (Lipinski definition) is 2. The van der Waals surface area contributed by atoms with Crippen molar-refractivity contribution in [2.45, 2.75) is 69.9 Å². The summed E-state index contributed by atoms with van der Waals surface area (Å²) >= 11 is 3.63. The van der Waals surface area contributed by atoms with E-state index in [-0.39, 0.29) is 16.2 Å². The molecule has 1 fully saturated rings. The van der Waals surface area contributed by atoms with Crippen molar-refractivity contribution >= 4 is 15.9 Å². The first-order chi connectivity index (χ1) is 10.5. The van der Waals surface area contributed by atoms with E-state index in [1.165, 1.54) is 5.57 Å². The van der Waals surface area contributed by atoms with Crippen LogP contribution in [-0.4, -0.2) is 26.7 Å². The molecule has 5 atom stereocenters. The molecule has 1 saturated carbocycles. The van der Waals surface area contributed by atoms with Crippen LogP contribution < -0.4 is 0 Å². The van der Waals surface area contributed by atoms with E-state index >= 15 is 0 Å². The van der Waals surface area contributed by atoms with Crippen molar-refractivity contribution in [3.63, 3.8) is 0 Å². The lowest BCUT2D eigenvalue weighted by molar-refractivity contribution is 0.0212. The summed E-state index contributed by atoms with van der Waals surface area (Å²) in [5.74, 6) is 0.485. The molecule has 0 aromatic rings. The molecule has 0 heterocycles. The summed E-state index contributed by atoms with van der Waals surface area (Å²) in [6, 6.07) is 0. The Hall–Kier alpha value is -0.380. The molecular weight excluding hydrogens is 352 g/mol. The van der Waals surface area contributed by atoms with Gasteiger partial charge in [0, 0.05) is 10.7 Å². The Labute approximate surface area is 149 Å². The van der Waals surface area contributed by atoms with Gasteiger partial charge in [0.2, 0.25) is 0 Å². The van der Waals surface area contributed by atoms with Gasteiger partial charge in [-0.3, -0.25) is 0 Å². The van der Waals surface area contributed by atoms with Crippen LogP contribution in [0, 0.1) is 17.3 Å². The number of aliphatic hydroxyl groups is 2. The van der Waals surface area contributed by atoms with Crippen LogP contribution in [-0.2, 0) is 0 Å². The van der Waals surface area contributed by atoms with Crippen LogP contribution >= 0.6 is 15.9 Å². The Morgan fingerprint density at radius 2 is 2.09 bits per heavy atom. The fourth-order valence-corrected chi connectivity index (χ4v) is 4.79. The van der Waals surface area contributed by atoms with Crippen molar-refractivity contribution in [2.24, 2.45) is 17.3 Å². The van der Waals surface area contributed by atoms with Crippen molar-refractivity contribution in [1.82, 2.24) is 0 Å². The lowest BCUT2D eigenvalue weighted by Gasteiger charge is -2.40. The molecule has 23 heavy (non-hydrogen) atoms. The maximum atomic E-state index is 10.8. The highest BCUT2D eigenvalue weighted by Gasteiger charge is 2.39. The van der Waals surface area contributed by atoms with Crippen LogP contribution in [0.15, 0.2) is 36.0 Å². The summed E-state index contributed by atoms with van der Waals surface area (Å²) < 4.78 is 0. The zero-order valence-corrected chi connectivity index (χ0v) is 16.4. The molecule has 3 heteroatoms. The van der Waals surface area contributed by atoms with Crippen molar-refractivity contribution in [3.8, 4) is 0 Å². The molecule has 2 N–H and O–H groups in total. The lowest BCUT2D eigenvalue weighted by atomic mass is 9.67. The van der Waals surface area contributed by atoms with Crippen LogP contribution in [0.1, 0.15) is 53.4 Å². The highest BCUT2D eigenvalue weighted by molar-refractivity contribution is 9.09. The molecule has 0 aliphatic heterocycles. The Balaban J connectivity index is 2.11. The van der Waals surface area contributed by atoms with E-state index in [1.807, 2.05) is 13.0 Å². The molecule has 0 saturated heterocycles. The smallest absolute Gasteiger partial charge is 0.0796 e. The van der Waals surface area contributed by atoms with Gasteiger partial charge in [-0.25, -0.2) is 0 Å². The molecule has 0 radical (unpaired) electrons. The molecule has 2 aliphatic rings. The standard InChI is InChI=1S/C20H31BrO2/c1-13-7-6-9-19(3,4)18(13)16(22)11-14(2)15-8-10-20(5,23)17(21)12-15/h6,9,11,15-18,22-23H,1,7-8,10,12H2,2-5H3/b14-11+/t15-,16+,17?,18-,20+/m0/s1. The zero-order valence-electron chi connectivity index (χ0n) is 14.8. The largest absolute Gasteiger partial charge is 0.389 e. The van der Waals surface area contributed by atoms with Crippen LogP contribution in [0.3, 0.4) is 0 Å². The molecule has 2 aliphatic carbocycles. The fraction of sp³-hybridized carbons (Fsp3) is 0.700. The average Bonchev–Trinajstić information content (AvgIpc) is 2.40. The van der Waals surface area contributed by atoms with Crippen molar-refractivity contribution in [2.75, 3.05) is 0 Å². The molecule has 2 rings (SSSR count). The molecule has 0 bridgehead atoms. The Bertz CT molecular complexity index is 516. The van der Waals surface area contributed by atoms with E-state index in [0.29, 0.717) is 5.92 Å². The maximum Gasteiger partial charge on any atom is 0.0796 e. The van der Waals surface area contributed by atoms with Crippen molar-refractivity contribution in [1.29, 1.82) is 0 Å². The Kier molecular flexibility index (Phi) is 5.65. The van der Waals surface area contributed by atoms with Gasteiger partial charge in [-0.15, -0.1) is 0 Å². The van der Waals surface area contributed by atoms with E-state index in [2.05, 4.69) is 55.4 Å². The van der Waals surface area contributed by atoms with Crippen LogP contribution in [0.4, 0.5) is 0 Å². The number of alkyl halides is 1. The average molecular weight is 383 g/mol. The van der Waals surface area contributed by atoms with Gasteiger partial charge >= 0.3 is 0 Å². The third-order valence-corrected chi connectivity index (χ3v) is 7.11. The first-order valence-electron chi connectivity index (χ1n) is 8.63. The van der Waals surface area contributed by atoms with Gasteiger partial charge < -0.3 is 10.2 Å². The molecule has 2 nitrogen and oxygen atoms in total. The predicted molar refractivity (Wildman–Crippen MR) is 101 cm³/mol. The highest BCUT2D eigenvalue weighted by Crippen LogP contribution is 2.43. The Morgan fingerprint density at radius 3 is 2.65 bits per heavy atom. The van der Waals surface area contributed by atoms with Gasteiger partial charge in [0.15, 0.2) is 0 Å². The van der Waals surface area contributed by atoms with E-state index in [0.717, 1.165) is 31.3 Å². The number of halogens is 1. The first-order valence-corrected chi connectivity index (χ1v) is 9.54. The minimum Gasteiger partial charge on any atom is -0.389 e. The zero-order chi connectivity index (χ0) is 17.4. The van der Waals surface area contributed by atoms with Gasteiger partial charge in [-0.1, -0.05) is 65.7 Å². The third-order valence-electron chi connectivity index (χ3n) is 5.75. The monoisotopic (exact) mass is 382 g/mol. The lowest BCUT2D eigenvalue weighted by Crippen LogP contribution is -2.41. The summed E-state index contributed by atoms with van der Waals surface area (Å²) in [6.45, 7) is 12.5. The quantitative estimate of drug-likeness (QED) is 0.545.